The predicted octanol–water partition coefficient (Wildman–Crippen LogP) is 11.6. The molecule has 9 rings (SSSR count). The van der Waals surface area contributed by atoms with Gasteiger partial charge in [-0.05, 0) is 97.8 Å². The molecule has 0 amide bonds. The summed E-state index contributed by atoms with van der Waals surface area (Å²) in [6.07, 6.45) is 0. The van der Waals surface area contributed by atoms with Crippen molar-refractivity contribution in [2.75, 3.05) is 0 Å². The second-order valence-electron chi connectivity index (χ2n) is 11.8. The molecule has 0 spiro atoms. The fourth-order valence-corrected chi connectivity index (χ4v) is 8.60. The molecule has 7 aromatic rings. The third-order valence-electron chi connectivity index (χ3n) is 9.55. The van der Waals surface area contributed by atoms with Gasteiger partial charge in [0.25, 0.3) is 0 Å². The molecule has 0 saturated heterocycles. The van der Waals surface area contributed by atoms with Gasteiger partial charge in [0.15, 0.2) is 0 Å². The predicted molar refractivity (Wildman–Crippen MR) is 182 cm³/mol. The summed E-state index contributed by atoms with van der Waals surface area (Å²) >= 11 is 1.88. The first-order valence-corrected chi connectivity index (χ1v) is 15.8. The van der Waals surface area contributed by atoms with Crippen molar-refractivity contribution in [3.05, 3.63) is 168 Å². The molecule has 0 saturated carbocycles. The Bertz CT molecular complexity index is 2220. The second-order valence-corrected chi connectivity index (χ2v) is 12.9. The van der Waals surface area contributed by atoms with Gasteiger partial charge in [0.1, 0.15) is 0 Å². The fraction of sp³-hybridized carbons (Fsp3) is 0.0476. The van der Waals surface area contributed by atoms with Gasteiger partial charge < -0.3 is 0 Å². The van der Waals surface area contributed by atoms with E-state index in [1.165, 1.54) is 81.8 Å². The summed E-state index contributed by atoms with van der Waals surface area (Å²) in [4.78, 5) is 2.67. The van der Waals surface area contributed by atoms with Gasteiger partial charge >= 0.3 is 0 Å². The molecule has 1 aliphatic heterocycles. The van der Waals surface area contributed by atoms with E-state index >= 15 is 0 Å². The number of benzene rings is 7. The van der Waals surface area contributed by atoms with Gasteiger partial charge in [-0.1, -0.05) is 139 Å². The van der Waals surface area contributed by atoms with Crippen LogP contribution in [0.3, 0.4) is 0 Å². The first-order chi connectivity index (χ1) is 21.2. The summed E-state index contributed by atoms with van der Waals surface area (Å²) < 4.78 is 0. The van der Waals surface area contributed by atoms with Crippen LogP contribution in [-0.2, 0) is 5.41 Å². The van der Waals surface area contributed by atoms with Crippen molar-refractivity contribution in [1.29, 1.82) is 0 Å². The number of hydrogen-bond acceptors (Lipinski definition) is 1. The van der Waals surface area contributed by atoms with Gasteiger partial charge in [-0.2, -0.15) is 0 Å². The first kappa shape index (κ1) is 24.7. The van der Waals surface area contributed by atoms with E-state index in [-0.39, 0.29) is 5.41 Å². The minimum Gasteiger partial charge on any atom is -0.0888 e. The van der Waals surface area contributed by atoms with E-state index in [9.17, 15) is 0 Å². The van der Waals surface area contributed by atoms with Crippen LogP contribution in [0.5, 0.6) is 0 Å². The van der Waals surface area contributed by atoms with E-state index in [2.05, 4.69) is 159 Å². The smallest absolute Gasteiger partial charge is 0.0435 e. The Balaban J connectivity index is 1.20. The molecule has 7 aromatic carbocycles. The fourth-order valence-electron chi connectivity index (χ4n) is 7.47. The largest absolute Gasteiger partial charge is 0.0888 e. The van der Waals surface area contributed by atoms with E-state index in [1.807, 2.05) is 11.8 Å². The second kappa shape index (κ2) is 9.33. The van der Waals surface area contributed by atoms with Gasteiger partial charge in [-0.15, -0.1) is 0 Å². The van der Waals surface area contributed by atoms with Crippen molar-refractivity contribution in [3.8, 4) is 44.5 Å². The molecule has 1 aliphatic carbocycles. The zero-order chi connectivity index (χ0) is 28.5. The van der Waals surface area contributed by atoms with E-state index in [4.69, 9.17) is 0 Å². The standard InChI is InChI=1S/C42H28S/c1-42(31-15-3-2-4-16-31)36-20-6-5-17-34(36)41-32(18-10-21-37(41)42)30-14-7-13-28(25-30)29-23-24-38-35(26-29)33-19-8-11-27-12-9-22-39(43-38)40(27)33/h2-26H,1H3. The summed E-state index contributed by atoms with van der Waals surface area (Å²) in [5, 5.41) is 2.68. The Morgan fingerprint density at radius 2 is 1.12 bits per heavy atom. The van der Waals surface area contributed by atoms with Crippen molar-refractivity contribution in [2.24, 2.45) is 0 Å². The molecule has 0 nitrogen and oxygen atoms in total. The highest BCUT2D eigenvalue weighted by Gasteiger charge is 2.41. The van der Waals surface area contributed by atoms with Crippen LogP contribution in [0.2, 0.25) is 0 Å². The molecule has 202 valence electrons. The Kier molecular flexibility index (Phi) is 5.36. The summed E-state index contributed by atoms with van der Waals surface area (Å²) in [5.74, 6) is 0. The molecule has 1 atom stereocenters. The van der Waals surface area contributed by atoms with Crippen LogP contribution in [0.1, 0.15) is 23.6 Å². The lowest BCUT2D eigenvalue weighted by Crippen LogP contribution is -2.22. The highest BCUT2D eigenvalue weighted by atomic mass is 32.2. The van der Waals surface area contributed by atoms with Gasteiger partial charge in [0.05, 0.1) is 0 Å². The Hall–Kier alpha value is -4.85. The van der Waals surface area contributed by atoms with Crippen LogP contribution in [0, 0.1) is 0 Å². The summed E-state index contributed by atoms with van der Waals surface area (Å²) in [5.41, 5.74) is 14.3. The van der Waals surface area contributed by atoms with Crippen molar-refractivity contribution in [3.63, 3.8) is 0 Å². The van der Waals surface area contributed by atoms with Gasteiger partial charge in [-0.3, -0.25) is 0 Å². The lowest BCUT2D eigenvalue weighted by atomic mass is 9.74. The minimum atomic E-state index is -0.200. The average Bonchev–Trinajstić information content (AvgIpc) is 3.34. The molecule has 1 heteroatoms. The molecule has 0 fully saturated rings. The molecular formula is C42H28S. The molecule has 1 heterocycles. The lowest BCUT2D eigenvalue weighted by Gasteiger charge is -2.28. The molecule has 2 aliphatic rings. The Morgan fingerprint density at radius 1 is 0.442 bits per heavy atom. The number of rotatable bonds is 3. The van der Waals surface area contributed by atoms with Crippen LogP contribution < -0.4 is 0 Å². The maximum absolute atomic E-state index is 2.39. The van der Waals surface area contributed by atoms with E-state index in [1.54, 1.807) is 0 Å². The van der Waals surface area contributed by atoms with Crippen molar-refractivity contribution >= 4 is 22.5 Å². The van der Waals surface area contributed by atoms with Gasteiger partial charge in [-0.25, -0.2) is 0 Å². The summed E-state index contributed by atoms with van der Waals surface area (Å²) in [6.45, 7) is 2.39. The van der Waals surface area contributed by atoms with Crippen molar-refractivity contribution in [2.45, 2.75) is 22.1 Å². The zero-order valence-electron chi connectivity index (χ0n) is 23.8. The van der Waals surface area contributed by atoms with Gasteiger partial charge in [0.2, 0.25) is 0 Å². The SMILES string of the molecule is CC1(c2ccccc2)c2ccccc2-c2c(-c3cccc(-c4ccc5c(c4)-c4cccc6cccc(c46)S5)c3)cccc21. The molecule has 0 bridgehead atoms. The third-order valence-corrected chi connectivity index (χ3v) is 10.7. The monoisotopic (exact) mass is 564 g/mol. The van der Waals surface area contributed by atoms with E-state index < -0.39 is 0 Å². The highest BCUT2D eigenvalue weighted by molar-refractivity contribution is 7.99. The minimum absolute atomic E-state index is 0.200. The number of fused-ring (bicyclic) bond motifs is 5. The maximum Gasteiger partial charge on any atom is 0.0435 e. The average molecular weight is 565 g/mol. The van der Waals surface area contributed by atoms with Crippen LogP contribution in [-0.4, -0.2) is 0 Å². The molecule has 0 radical (unpaired) electrons. The molecule has 43 heavy (non-hydrogen) atoms. The Labute approximate surface area is 256 Å². The van der Waals surface area contributed by atoms with Crippen LogP contribution in [0.25, 0.3) is 55.3 Å². The highest BCUT2D eigenvalue weighted by Crippen LogP contribution is 2.55. The lowest BCUT2D eigenvalue weighted by molar-refractivity contribution is 0.714. The van der Waals surface area contributed by atoms with E-state index in [0.29, 0.717) is 0 Å². The topological polar surface area (TPSA) is 0 Å². The maximum atomic E-state index is 2.39. The number of hydrogen-bond donors (Lipinski definition) is 0. The summed E-state index contributed by atoms with van der Waals surface area (Å²) in [6, 6.07) is 56.2. The third kappa shape index (κ3) is 3.59. The van der Waals surface area contributed by atoms with Crippen LogP contribution in [0.15, 0.2) is 161 Å². The molecular weight excluding hydrogens is 537 g/mol. The Morgan fingerprint density at radius 3 is 2.02 bits per heavy atom. The van der Waals surface area contributed by atoms with E-state index in [0.717, 1.165) is 0 Å². The zero-order valence-corrected chi connectivity index (χ0v) is 24.7. The quantitative estimate of drug-likeness (QED) is 0.206. The van der Waals surface area contributed by atoms with Gasteiger partial charge in [0, 0.05) is 20.6 Å². The molecule has 1 unspecified atom stereocenters. The van der Waals surface area contributed by atoms with Crippen LogP contribution >= 0.6 is 11.8 Å². The van der Waals surface area contributed by atoms with Crippen LogP contribution in [0.4, 0.5) is 0 Å². The molecule has 0 aromatic heterocycles. The van der Waals surface area contributed by atoms with Crippen molar-refractivity contribution in [1.82, 2.24) is 0 Å². The summed E-state index contributed by atoms with van der Waals surface area (Å²) in [7, 11) is 0. The first-order valence-electron chi connectivity index (χ1n) is 14.9. The normalized spacial score (nSPS) is 16.0. The molecule has 0 N–H and O–H groups in total. The van der Waals surface area contributed by atoms with Crippen molar-refractivity contribution < 1.29 is 0 Å².